The average molecular weight is 579 g/mol. The van der Waals surface area contributed by atoms with Crippen molar-refractivity contribution in [2.45, 2.75) is 52.0 Å². The summed E-state index contributed by atoms with van der Waals surface area (Å²) in [5.74, 6) is 0.597. The van der Waals surface area contributed by atoms with Crippen LogP contribution in [0.2, 0.25) is 0 Å². The molecule has 3 aromatic rings. The van der Waals surface area contributed by atoms with Gasteiger partial charge in [-0.05, 0) is 72.4 Å². The van der Waals surface area contributed by atoms with Gasteiger partial charge in [0, 0.05) is 42.9 Å². The van der Waals surface area contributed by atoms with E-state index in [4.69, 9.17) is 0 Å². The Bertz CT molecular complexity index is 1560. The number of rotatable bonds is 6. The molecule has 0 radical (unpaired) electrons. The molecule has 1 saturated heterocycles. The second-order valence-electron chi connectivity index (χ2n) is 12.9. The van der Waals surface area contributed by atoms with Gasteiger partial charge in [0.25, 0.3) is 5.69 Å². The molecule has 3 aromatic carbocycles. The second-order valence-corrected chi connectivity index (χ2v) is 12.9. The molecule has 3 aliphatic rings. The third kappa shape index (κ3) is 6.05. The van der Waals surface area contributed by atoms with E-state index in [-0.39, 0.29) is 29.3 Å². The molecule has 0 aromatic heterocycles. The van der Waals surface area contributed by atoms with E-state index in [0.29, 0.717) is 37.4 Å². The van der Waals surface area contributed by atoms with Crippen LogP contribution in [0.4, 0.5) is 17.1 Å². The summed E-state index contributed by atoms with van der Waals surface area (Å²) < 4.78 is 0. The highest BCUT2D eigenvalue weighted by Crippen LogP contribution is 2.48. The summed E-state index contributed by atoms with van der Waals surface area (Å²) in [6, 6.07) is 24.2. The molecule has 2 heterocycles. The lowest BCUT2D eigenvalue weighted by atomic mass is 9.73. The summed E-state index contributed by atoms with van der Waals surface area (Å²) in [5, 5.41) is 15.0. The quantitative estimate of drug-likeness (QED) is 0.259. The highest BCUT2D eigenvalue weighted by molar-refractivity contribution is 6.02. The van der Waals surface area contributed by atoms with Crippen molar-refractivity contribution in [2.24, 2.45) is 11.3 Å². The lowest BCUT2D eigenvalue weighted by Crippen LogP contribution is -2.46. The first-order chi connectivity index (χ1) is 20.7. The molecule has 1 aliphatic carbocycles. The maximum atomic E-state index is 14.0. The smallest absolute Gasteiger partial charge is 0.269 e. The third-order valence-electron chi connectivity index (χ3n) is 9.06. The largest absolute Gasteiger partial charge is 0.357 e. The van der Waals surface area contributed by atoms with Crippen LogP contribution in [0.1, 0.15) is 56.7 Å². The highest BCUT2D eigenvalue weighted by atomic mass is 16.6. The molecule has 0 spiro atoms. The zero-order valence-electron chi connectivity index (χ0n) is 24.8. The van der Waals surface area contributed by atoms with Crippen LogP contribution in [-0.4, -0.2) is 41.1 Å². The number of piperidine rings is 1. The van der Waals surface area contributed by atoms with Crippen molar-refractivity contribution in [3.63, 3.8) is 0 Å². The Balaban J connectivity index is 1.33. The molecule has 2 aliphatic heterocycles. The summed E-state index contributed by atoms with van der Waals surface area (Å²) in [6.07, 6.45) is 4.00. The SMILES string of the molecule is CC1(C)CC(=O)C2=C(C1)Nc1ccccc1N(CC(=O)N1CCC(Cc3ccccc3)CC1)C2c1ccc([N+](=O)[O-])cc1. The van der Waals surface area contributed by atoms with Gasteiger partial charge in [0.05, 0.1) is 28.9 Å². The maximum Gasteiger partial charge on any atom is 0.269 e. The van der Waals surface area contributed by atoms with Crippen LogP contribution in [-0.2, 0) is 16.0 Å². The third-order valence-corrected chi connectivity index (χ3v) is 9.06. The fourth-order valence-corrected chi connectivity index (χ4v) is 6.93. The molecule has 0 saturated carbocycles. The molecule has 1 N–H and O–H groups in total. The minimum Gasteiger partial charge on any atom is -0.357 e. The summed E-state index contributed by atoms with van der Waals surface area (Å²) >= 11 is 0. The van der Waals surface area contributed by atoms with Crippen molar-refractivity contribution < 1.29 is 14.5 Å². The molecule has 0 bridgehead atoms. The number of likely N-dealkylation sites (tertiary alicyclic amines) is 1. The number of hydrogen-bond acceptors (Lipinski definition) is 6. The number of carbonyl (C=O) groups is 2. The number of ketones is 1. The highest BCUT2D eigenvalue weighted by Gasteiger charge is 2.42. The zero-order valence-corrected chi connectivity index (χ0v) is 24.8. The van der Waals surface area contributed by atoms with Gasteiger partial charge < -0.3 is 15.1 Å². The zero-order chi connectivity index (χ0) is 30.1. The van der Waals surface area contributed by atoms with Crippen LogP contribution >= 0.6 is 0 Å². The number of benzene rings is 3. The van der Waals surface area contributed by atoms with Gasteiger partial charge in [-0.1, -0.05) is 56.3 Å². The molecule has 8 heteroatoms. The number of Topliss-reactive ketones (excluding diaryl/α,β-unsaturated/α-hetero) is 1. The Labute approximate surface area is 252 Å². The number of amides is 1. The van der Waals surface area contributed by atoms with Crippen LogP contribution in [0.15, 0.2) is 90.1 Å². The van der Waals surface area contributed by atoms with Gasteiger partial charge in [-0.25, -0.2) is 0 Å². The predicted molar refractivity (Wildman–Crippen MR) is 168 cm³/mol. The van der Waals surface area contributed by atoms with E-state index in [0.717, 1.165) is 41.9 Å². The van der Waals surface area contributed by atoms with Crippen molar-refractivity contribution in [1.29, 1.82) is 0 Å². The summed E-state index contributed by atoms with van der Waals surface area (Å²) in [6.45, 7) is 5.69. The van der Waals surface area contributed by atoms with E-state index in [1.165, 1.54) is 17.7 Å². The number of hydrogen-bond donors (Lipinski definition) is 1. The summed E-state index contributed by atoms with van der Waals surface area (Å²) in [4.78, 5) is 42.9. The van der Waals surface area contributed by atoms with E-state index < -0.39 is 11.0 Å². The number of nitrogens with zero attached hydrogens (tertiary/aromatic N) is 3. The fraction of sp³-hybridized carbons (Fsp3) is 0.371. The monoisotopic (exact) mass is 578 g/mol. The van der Waals surface area contributed by atoms with Crippen LogP contribution in [0.5, 0.6) is 0 Å². The van der Waals surface area contributed by atoms with Gasteiger partial charge in [0.15, 0.2) is 5.78 Å². The Morgan fingerprint density at radius 1 is 0.953 bits per heavy atom. The number of allylic oxidation sites excluding steroid dienone is 1. The number of nitrogens with one attached hydrogen (secondary N) is 1. The van der Waals surface area contributed by atoms with Crippen LogP contribution in [0.3, 0.4) is 0 Å². The van der Waals surface area contributed by atoms with E-state index in [1.54, 1.807) is 12.1 Å². The van der Waals surface area contributed by atoms with Crippen LogP contribution in [0, 0.1) is 21.4 Å². The average Bonchev–Trinajstić information content (AvgIpc) is 3.12. The Hall–Kier alpha value is -4.46. The second kappa shape index (κ2) is 11.7. The van der Waals surface area contributed by atoms with E-state index in [9.17, 15) is 19.7 Å². The van der Waals surface area contributed by atoms with Crippen molar-refractivity contribution in [3.8, 4) is 0 Å². The number of anilines is 2. The molecule has 43 heavy (non-hydrogen) atoms. The van der Waals surface area contributed by atoms with E-state index in [2.05, 4.69) is 43.4 Å². The fourth-order valence-electron chi connectivity index (χ4n) is 6.93. The van der Waals surface area contributed by atoms with Gasteiger partial charge >= 0.3 is 0 Å². The standard InChI is InChI=1S/C35H38N4O4/c1-35(2)21-29-33(31(40)22-35)34(26-12-14-27(15-13-26)39(42)43)38(30-11-7-6-10-28(30)36-29)23-32(41)37-18-16-25(17-19-37)20-24-8-4-3-5-9-24/h3-15,25,34,36H,16-23H2,1-2H3. The molecule has 1 fully saturated rings. The van der Waals surface area contributed by atoms with Crippen LogP contribution < -0.4 is 10.2 Å². The lowest BCUT2D eigenvalue weighted by Gasteiger charge is -2.39. The number of nitro benzene ring substituents is 1. The Kier molecular flexibility index (Phi) is 7.77. The van der Waals surface area contributed by atoms with Crippen LogP contribution in [0.25, 0.3) is 0 Å². The van der Waals surface area contributed by atoms with Gasteiger partial charge in [-0.2, -0.15) is 0 Å². The molecule has 1 amide bonds. The van der Waals surface area contributed by atoms with Gasteiger partial charge in [0.1, 0.15) is 0 Å². The minimum absolute atomic E-state index is 0.0118. The molecular weight excluding hydrogens is 540 g/mol. The Morgan fingerprint density at radius 3 is 2.33 bits per heavy atom. The molecule has 8 nitrogen and oxygen atoms in total. The molecular formula is C35H38N4O4. The predicted octanol–water partition coefficient (Wildman–Crippen LogP) is 6.69. The van der Waals surface area contributed by atoms with Crippen molar-refractivity contribution >= 4 is 28.8 Å². The summed E-state index contributed by atoms with van der Waals surface area (Å²) in [7, 11) is 0. The number of fused-ring (bicyclic) bond motifs is 1. The normalized spacial score (nSPS) is 20.1. The first kappa shape index (κ1) is 28.6. The van der Waals surface area contributed by atoms with E-state index in [1.807, 2.05) is 40.1 Å². The topological polar surface area (TPSA) is 95.8 Å². The molecule has 6 rings (SSSR count). The molecule has 222 valence electrons. The van der Waals surface area contributed by atoms with E-state index >= 15 is 0 Å². The first-order valence-electron chi connectivity index (χ1n) is 15.1. The maximum absolute atomic E-state index is 14.0. The lowest BCUT2D eigenvalue weighted by molar-refractivity contribution is -0.384. The summed E-state index contributed by atoms with van der Waals surface area (Å²) in [5.41, 5.74) is 5.02. The number of para-hydroxylation sites is 2. The number of nitro groups is 1. The van der Waals surface area contributed by atoms with Gasteiger partial charge in [-0.15, -0.1) is 0 Å². The molecule has 1 atom stereocenters. The van der Waals surface area contributed by atoms with Crippen molar-refractivity contribution in [3.05, 3.63) is 111 Å². The molecule has 1 unspecified atom stereocenters. The van der Waals surface area contributed by atoms with Crippen molar-refractivity contribution in [2.75, 3.05) is 29.9 Å². The minimum atomic E-state index is -0.560. The first-order valence-corrected chi connectivity index (χ1v) is 15.1. The van der Waals surface area contributed by atoms with Gasteiger partial charge in [0.2, 0.25) is 5.91 Å². The van der Waals surface area contributed by atoms with Crippen molar-refractivity contribution in [1.82, 2.24) is 4.90 Å². The number of non-ortho nitro benzene ring substituents is 1. The van der Waals surface area contributed by atoms with Gasteiger partial charge in [-0.3, -0.25) is 19.7 Å². The Morgan fingerprint density at radius 2 is 1.63 bits per heavy atom. The number of carbonyl (C=O) groups excluding carboxylic acids is 2.